The molecule has 1 atom stereocenters. The third-order valence-corrected chi connectivity index (χ3v) is 6.30. The monoisotopic (exact) mass is 488 g/mol. The van der Waals surface area contributed by atoms with E-state index in [9.17, 15) is 18.8 Å². The molecule has 0 bridgehead atoms. The average molecular weight is 489 g/mol. The van der Waals surface area contributed by atoms with E-state index in [0.29, 0.717) is 42.9 Å². The highest BCUT2D eigenvalue weighted by Crippen LogP contribution is 2.22. The molecule has 7 nitrogen and oxygen atoms in total. The van der Waals surface area contributed by atoms with Gasteiger partial charge in [0, 0.05) is 35.9 Å². The van der Waals surface area contributed by atoms with Gasteiger partial charge in [0.2, 0.25) is 5.91 Å². The molecule has 0 spiro atoms. The van der Waals surface area contributed by atoms with Crippen LogP contribution in [0.5, 0.6) is 0 Å². The molecule has 36 heavy (non-hydrogen) atoms. The molecule has 8 heteroatoms. The molecule has 3 N–H and O–H groups in total. The van der Waals surface area contributed by atoms with Gasteiger partial charge >= 0.3 is 6.03 Å². The molecule has 4 amide bonds. The van der Waals surface area contributed by atoms with Crippen LogP contribution in [-0.4, -0.2) is 35.8 Å². The molecule has 1 aliphatic heterocycles. The zero-order valence-electron chi connectivity index (χ0n) is 20.0. The molecule has 4 rings (SSSR count). The van der Waals surface area contributed by atoms with Crippen molar-refractivity contribution < 1.29 is 18.8 Å². The number of halogens is 1. The lowest BCUT2D eigenvalue weighted by Crippen LogP contribution is -2.43. The van der Waals surface area contributed by atoms with Crippen LogP contribution in [0.4, 0.5) is 20.6 Å². The highest BCUT2D eigenvalue weighted by atomic mass is 19.1. The van der Waals surface area contributed by atoms with Crippen LogP contribution in [-0.2, 0) is 4.79 Å². The summed E-state index contributed by atoms with van der Waals surface area (Å²) < 4.78 is 13.1. The van der Waals surface area contributed by atoms with Crippen molar-refractivity contribution in [3.05, 3.63) is 95.8 Å². The van der Waals surface area contributed by atoms with Gasteiger partial charge in [0.15, 0.2) is 0 Å². The minimum absolute atomic E-state index is 0.0409. The topological polar surface area (TPSA) is 90.5 Å². The van der Waals surface area contributed by atoms with Crippen molar-refractivity contribution >= 4 is 29.2 Å². The summed E-state index contributed by atoms with van der Waals surface area (Å²) in [6.45, 7) is 2.87. The second kappa shape index (κ2) is 11.5. The number of para-hydroxylation sites is 1. The van der Waals surface area contributed by atoms with Crippen molar-refractivity contribution in [2.75, 3.05) is 23.7 Å². The minimum atomic E-state index is -0.379. The lowest BCUT2D eigenvalue weighted by molar-refractivity contribution is -0.127. The highest BCUT2D eigenvalue weighted by molar-refractivity contribution is 5.99. The number of anilines is 2. The van der Waals surface area contributed by atoms with Gasteiger partial charge in [0.1, 0.15) is 5.82 Å². The Balaban J connectivity index is 1.24. The number of carbonyl (C=O) groups excluding carboxylic acids is 3. The smallest absolute Gasteiger partial charge is 0.323 e. The van der Waals surface area contributed by atoms with E-state index in [1.807, 2.05) is 37.3 Å². The van der Waals surface area contributed by atoms with E-state index in [1.54, 1.807) is 29.2 Å². The molecule has 186 valence electrons. The Hall–Kier alpha value is -4.20. The maximum absolute atomic E-state index is 13.1. The van der Waals surface area contributed by atoms with Crippen molar-refractivity contribution in [3.8, 4) is 0 Å². The van der Waals surface area contributed by atoms with Gasteiger partial charge in [0.05, 0.1) is 6.04 Å². The summed E-state index contributed by atoms with van der Waals surface area (Å²) in [5.41, 5.74) is 2.71. The summed E-state index contributed by atoms with van der Waals surface area (Å²) in [5, 5.41) is 8.61. The zero-order chi connectivity index (χ0) is 25.5. The van der Waals surface area contributed by atoms with Crippen LogP contribution in [0.15, 0.2) is 78.9 Å². The Bertz CT molecular complexity index is 1190. The Morgan fingerprint density at radius 3 is 2.03 bits per heavy atom. The zero-order valence-corrected chi connectivity index (χ0v) is 20.0. The fraction of sp³-hybridized carbons (Fsp3) is 0.250. The molecule has 3 aromatic carbocycles. The summed E-state index contributed by atoms with van der Waals surface area (Å²) in [5.74, 6) is -0.739. The van der Waals surface area contributed by atoms with Crippen molar-refractivity contribution in [1.29, 1.82) is 0 Å². The van der Waals surface area contributed by atoms with Crippen molar-refractivity contribution in [1.82, 2.24) is 10.2 Å². The average Bonchev–Trinajstić information content (AvgIpc) is 2.89. The number of amides is 4. The van der Waals surface area contributed by atoms with Gasteiger partial charge in [-0.05, 0) is 73.9 Å². The lowest BCUT2D eigenvalue weighted by Gasteiger charge is -2.32. The molecule has 0 saturated carbocycles. The summed E-state index contributed by atoms with van der Waals surface area (Å²) in [6, 6.07) is 21.5. The second-order valence-electron chi connectivity index (χ2n) is 8.87. The van der Waals surface area contributed by atoms with Gasteiger partial charge in [-0.1, -0.05) is 30.3 Å². The number of hydrogen-bond donors (Lipinski definition) is 3. The number of rotatable bonds is 6. The van der Waals surface area contributed by atoms with Gasteiger partial charge < -0.3 is 20.9 Å². The molecule has 1 aliphatic rings. The predicted molar refractivity (Wildman–Crippen MR) is 137 cm³/mol. The van der Waals surface area contributed by atoms with Crippen LogP contribution < -0.4 is 16.0 Å². The first-order valence-electron chi connectivity index (χ1n) is 12.0. The quantitative estimate of drug-likeness (QED) is 0.446. The first kappa shape index (κ1) is 24.9. The van der Waals surface area contributed by atoms with Crippen molar-refractivity contribution in [3.63, 3.8) is 0 Å². The normalized spacial score (nSPS) is 14.6. The largest absolute Gasteiger partial charge is 0.349 e. The van der Waals surface area contributed by atoms with Gasteiger partial charge in [-0.2, -0.15) is 0 Å². The SMILES string of the molecule is CC(NC(=O)C1CCN(C(=O)c2ccc(F)cc2)CC1)c1ccc(NC(=O)Nc2ccccc2)cc1. The van der Waals surface area contributed by atoms with Crippen LogP contribution in [0.25, 0.3) is 0 Å². The summed E-state index contributed by atoms with van der Waals surface area (Å²) >= 11 is 0. The highest BCUT2D eigenvalue weighted by Gasteiger charge is 2.28. The summed E-state index contributed by atoms with van der Waals surface area (Å²) in [7, 11) is 0. The van der Waals surface area contributed by atoms with Crippen LogP contribution in [0.2, 0.25) is 0 Å². The number of benzene rings is 3. The van der Waals surface area contributed by atoms with E-state index < -0.39 is 0 Å². The Morgan fingerprint density at radius 1 is 0.833 bits per heavy atom. The number of nitrogens with one attached hydrogen (secondary N) is 3. The molecule has 0 radical (unpaired) electrons. The van der Waals surface area contributed by atoms with E-state index in [-0.39, 0.29) is 35.6 Å². The number of urea groups is 1. The lowest BCUT2D eigenvalue weighted by atomic mass is 9.94. The number of likely N-dealkylation sites (tertiary alicyclic amines) is 1. The van der Waals surface area contributed by atoms with Crippen LogP contribution in [0.3, 0.4) is 0 Å². The Labute approximate surface area is 209 Å². The predicted octanol–water partition coefficient (Wildman–Crippen LogP) is 5.20. The molecular formula is C28H29FN4O3. The van der Waals surface area contributed by atoms with E-state index in [0.717, 1.165) is 5.56 Å². The minimum Gasteiger partial charge on any atom is -0.349 e. The Morgan fingerprint density at radius 2 is 1.42 bits per heavy atom. The molecule has 0 aliphatic carbocycles. The van der Waals surface area contributed by atoms with Crippen LogP contribution in [0.1, 0.15) is 41.7 Å². The van der Waals surface area contributed by atoms with Crippen LogP contribution >= 0.6 is 0 Å². The molecule has 3 aromatic rings. The number of piperidine rings is 1. The Kier molecular flexibility index (Phi) is 7.95. The third-order valence-electron chi connectivity index (χ3n) is 6.30. The maximum Gasteiger partial charge on any atom is 0.323 e. The maximum atomic E-state index is 13.1. The van der Waals surface area contributed by atoms with E-state index in [1.165, 1.54) is 24.3 Å². The van der Waals surface area contributed by atoms with E-state index in [4.69, 9.17) is 0 Å². The summed E-state index contributed by atoms with van der Waals surface area (Å²) in [4.78, 5) is 39.3. The first-order valence-corrected chi connectivity index (χ1v) is 12.0. The fourth-order valence-corrected chi connectivity index (χ4v) is 4.20. The van der Waals surface area contributed by atoms with Gasteiger partial charge in [-0.15, -0.1) is 0 Å². The fourth-order valence-electron chi connectivity index (χ4n) is 4.20. The van der Waals surface area contributed by atoms with Crippen molar-refractivity contribution in [2.24, 2.45) is 5.92 Å². The molecule has 1 fully saturated rings. The van der Waals surface area contributed by atoms with Gasteiger partial charge in [-0.3, -0.25) is 9.59 Å². The van der Waals surface area contributed by atoms with Gasteiger partial charge in [-0.25, -0.2) is 9.18 Å². The molecule has 0 aromatic heterocycles. The van der Waals surface area contributed by atoms with Gasteiger partial charge in [0.25, 0.3) is 5.91 Å². The van der Waals surface area contributed by atoms with E-state index >= 15 is 0 Å². The van der Waals surface area contributed by atoms with Crippen molar-refractivity contribution in [2.45, 2.75) is 25.8 Å². The standard InChI is InChI=1S/C28H29FN4O3/c1-19(20-9-13-25(14-10-20)32-28(36)31-24-5-3-2-4-6-24)30-26(34)21-15-17-33(18-16-21)27(35)22-7-11-23(29)12-8-22/h2-14,19,21H,15-18H2,1H3,(H,30,34)(H2,31,32,36). The first-order chi connectivity index (χ1) is 17.4. The number of hydrogen-bond acceptors (Lipinski definition) is 3. The second-order valence-corrected chi connectivity index (χ2v) is 8.87. The third kappa shape index (κ3) is 6.47. The van der Waals surface area contributed by atoms with E-state index in [2.05, 4.69) is 16.0 Å². The summed E-state index contributed by atoms with van der Waals surface area (Å²) in [6.07, 6.45) is 1.15. The number of nitrogens with zero attached hydrogens (tertiary/aromatic N) is 1. The van der Waals surface area contributed by atoms with Crippen LogP contribution in [0, 0.1) is 11.7 Å². The molecular weight excluding hydrogens is 459 g/mol. The molecule has 1 heterocycles. The molecule has 1 saturated heterocycles. The molecule has 1 unspecified atom stereocenters. The number of carbonyl (C=O) groups is 3.